The van der Waals surface area contributed by atoms with Crippen LogP contribution in [0.1, 0.15) is 13.8 Å². The minimum absolute atomic E-state index is 0.0149. The second kappa shape index (κ2) is 5.70. The van der Waals surface area contributed by atoms with Crippen molar-refractivity contribution >= 4 is 23.3 Å². The van der Waals surface area contributed by atoms with Crippen LogP contribution >= 0.6 is 11.6 Å². The molecule has 1 N–H and O–H groups in total. The minimum Gasteiger partial charge on any atom is -0.464 e. The Morgan fingerprint density at radius 1 is 1.62 bits per heavy atom. The van der Waals surface area contributed by atoms with Gasteiger partial charge in [0, 0.05) is 0 Å². The van der Waals surface area contributed by atoms with Gasteiger partial charge in [-0.05, 0) is 26.0 Å². The summed E-state index contributed by atoms with van der Waals surface area (Å²) in [4.78, 5) is 11.3. The number of rotatable bonds is 4. The minimum atomic E-state index is -0.618. The molecular formula is C11H13ClFNO2. The zero-order chi connectivity index (χ0) is 12.1. The van der Waals surface area contributed by atoms with Crippen molar-refractivity contribution in [2.45, 2.75) is 19.9 Å². The van der Waals surface area contributed by atoms with Crippen LogP contribution in [0.5, 0.6) is 0 Å². The lowest BCUT2D eigenvalue weighted by Crippen LogP contribution is -2.28. The first-order valence-electron chi connectivity index (χ1n) is 4.93. The summed E-state index contributed by atoms with van der Waals surface area (Å²) in [5, 5.41) is 2.72. The first-order valence-corrected chi connectivity index (χ1v) is 5.31. The third-order valence-electron chi connectivity index (χ3n) is 1.96. The van der Waals surface area contributed by atoms with Crippen molar-refractivity contribution < 1.29 is 13.9 Å². The van der Waals surface area contributed by atoms with Crippen LogP contribution in [-0.2, 0) is 9.53 Å². The molecule has 0 aromatic heterocycles. The molecule has 0 bridgehead atoms. The van der Waals surface area contributed by atoms with Gasteiger partial charge in [0.15, 0.2) is 5.82 Å². The van der Waals surface area contributed by atoms with Crippen LogP contribution in [0.2, 0.25) is 5.02 Å². The molecule has 1 rings (SSSR count). The highest BCUT2D eigenvalue weighted by Crippen LogP contribution is 2.22. The summed E-state index contributed by atoms with van der Waals surface area (Å²) in [6, 6.07) is 3.94. The molecule has 1 aromatic rings. The van der Waals surface area contributed by atoms with E-state index in [4.69, 9.17) is 16.3 Å². The zero-order valence-corrected chi connectivity index (χ0v) is 9.84. The predicted octanol–water partition coefficient (Wildman–Crippen LogP) is 2.84. The van der Waals surface area contributed by atoms with E-state index < -0.39 is 17.8 Å². The lowest BCUT2D eigenvalue weighted by molar-refractivity contribution is -0.143. The van der Waals surface area contributed by atoms with Crippen LogP contribution in [-0.4, -0.2) is 18.6 Å². The van der Waals surface area contributed by atoms with Gasteiger partial charge in [0.25, 0.3) is 0 Å². The molecule has 88 valence electrons. The number of hydrogen-bond donors (Lipinski definition) is 1. The van der Waals surface area contributed by atoms with Crippen LogP contribution in [0.3, 0.4) is 0 Å². The monoisotopic (exact) mass is 245 g/mol. The molecule has 0 saturated carbocycles. The van der Waals surface area contributed by atoms with E-state index in [1.165, 1.54) is 12.1 Å². The predicted molar refractivity (Wildman–Crippen MR) is 61.1 cm³/mol. The smallest absolute Gasteiger partial charge is 0.328 e. The highest BCUT2D eigenvalue weighted by atomic mass is 35.5. The molecule has 5 heteroatoms. The van der Waals surface area contributed by atoms with E-state index in [1.807, 2.05) is 0 Å². The number of carbonyl (C=O) groups excluding carboxylic acids is 1. The standard InChI is InChI=1S/C11H13ClFNO2/c1-3-16-11(15)7(2)14-9-6-4-5-8(12)10(9)13/h4-7,14H,3H2,1-2H3. The molecule has 0 aliphatic rings. The van der Waals surface area contributed by atoms with Gasteiger partial charge < -0.3 is 10.1 Å². The summed E-state index contributed by atoms with van der Waals surface area (Å²) in [7, 11) is 0. The molecule has 0 aliphatic heterocycles. The number of anilines is 1. The number of esters is 1. The first-order chi connectivity index (χ1) is 7.56. The molecule has 0 saturated heterocycles. The Hall–Kier alpha value is -1.29. The number of nitrogens with one attached hydrogen (secondary N) is 1. The summed E-state index contributed by atoms with van der Waals surface area (Å²) >= 11 is 5.61. The van der Waals surface area contributed by atoms with Gasteiger partial charge in [0.1, 0.15) is 6.04 Å². The number of carbonyl (C=O) groups is 1. The van der Waals surface area contributed by atoms with Crippen molar-refractivity contribution in [3.8, 4) is 0 Å². The van der Waals surface area contributed by atoms with Gasteiger partial charge in [-0.15, -0.1) is 0 Å². The summed E-state index contributed by atoms with van der Waals surface area (Å²) < 4.78 is 18.3. The van der Waals surface area contributed by atoms with Crippen molar-refractivity contribution in [3.63, 3.8) is 0 Å². The van der Waals surface area contributed by atoms with Gasteiger partial charge in [-0.2, -0.15) is 0 Å². The maximum atomic E-state index is 13.5. The molecule has 0 amide bonds. The van der Waals surface area contributed by atoms with Gasteiger partial charge in [-0.25, -0.2) is 9.18 Å². The molecular weight excluding hydrogens is 233 g/mol. The van der Waals surface area contributed by atoms with Crippen LogP contribution in [0.15, 0.2) is 18.2 Å². The molecule has 1 aromatic carbocycles. The fraction of sp³-hybridized carbons (Fsp3) is 0.364. The third kappa shape index (κ3) is 3.10. The highest BCUT2D eigenvalue weighted by Gasteiger charge is 2.16. The van der Waals surface area contributed by atoms with Gasteiger partial charge in [0.2, 0.25) is 0 Å². The fourth-order valence-electron chi connectivity index (χ4n) is 1.17. The zero-order valence-electron chi connectivity index (χ0n) is 9.09. The van der Waals surface area contributed by atoms with Crippen molar-refractivity contribution in [2.75, 3.05) is 11.9 Å². The van der Waals surface area contributed by atoms with Crippen molar-refractivity contribution in [1.29, 1.82) is 0 Å². The summed E-state index contributed by atoms with van der Waals surface area (Å²) in [6.45, 7) is 3.60. The molecule has 0 heterocycles. The maximum absolute atomic E-state index is 13.5. The van der Waals surface area contributed by atoms with Crippen LogP contribution in [0, 0.1) is 5.82 Å². The van der Waals surface area contributed by atoms with E-state index in [9.17, 15) is 9.18 Å². The second-order valence-electron chi connectivity index (χ2n) is 3.22. The summed E-state index contributed by atoms with van der Waals surface area (Å²) in [6.07, 6.45) is 0. The van der Waals surface area contributed by atoms with Crippen molar-refractivity contribution in [2.24, 2.45) is 0 Å². The Balaban J connectivity index is 2.73. The Kier molecular flexibility index (Phi) is 4.55. The van der Waals surface area contributed by atoms with E-state index in [2.05, 4.69) is 5.32 Å². The quantitative estimate of drug-likeness (QED) is 0.829. The topological polar surface area (TPSA) is 38.3 Å². The van der Waals surface area contributed by atoms with Crippen molar-refractivity contribution in [1.82, 2.24) is 0 Å². The molecule has 1 unspecified atom stereocenters. The highest BCUT2D eigenvalue weighted by molar-refractivity contribution is 6.31. The number of benzene rings is 1. The molecule has 0 radical (unpaired) electrons. The molecule has 0 aliphatic carbocycles. The Labute approximate surface area is 98.5 Å². The van der Waals surface area contributed by atoms with Crippen LogP contribution < -0.4 is 5.32 Å². The number of ether oxygens (including phenoxy) is 1. The summed E-state index contributed by atoms with van der Waals surface area (Å²) in [5.74, 6) is -0.998. The summed E-state index contributed by atoms with van der Waals surface area (Å²) in [5.41, 5.74) is 0.188. The molecule has 16 heavy (non-hydrogen) atoms. The molecule has 0 spiro atoms. The normalized spacial score (nSPS) is 12.0. The van der Waals surface area contributed by atoms with E-state index in [-0.39, 0.29) is 10.7 Å². The van der Waals surface area contributed by atoms with Crippen LogP contribution in [0.25, 0.3) is 0 Å². The lowest BCUT2D eigenvalue weighted by atomic mass is 10.2. The molecule has 1 atom stereocenters. The van der Waals surface area contributed by atoms with Gasteiger partial charge >= 0.3 is 5.97 Å². The van der Waals surface area contributed by atoms with Gasteiger partial charge in [-0.1, -0.05) is 17.7 Å². The number of hydrogen-bond acceptors (Lipinski definition) is 3. The van der Waals surface area contributed by atoms with Crippen LogP contribution in [0.4, 0.5) is 10.1 Å². The first kappa shape index (κ1) is 12.8. The van der Waals surface area contributed by atoms with Gasteiger partial charge in [0.05, 0.1) is 17.3 Å². The fourth-order valence-corrected chi connectivity index (χ4v) is 1.35. The maximum Gasteiger partial charge on any atom is 0.328 e. The molecule has 3 nitrogen and oxygen atoms in total. The lowest BCUT2D eigenvalue weighted by Gasteiger charge is -2.14. The average molecular weight is 246 g/mol. The van der Waals surface area contributed by atoms with E-state index in [0.29, 0.717) is 6.61 Å². The SMILES string of the molecule is CCOC(=O)C(C)Nc1cccc(Cl)c1F. The van der Waals surface area contributed by atoms with Crippen molar-refractivity contribution in [3.05, 3.63) is 29.0 Å². The second-order valence-corrected chi connectivity index (χ2v) is 3.63. The largest absolute Gasteiger partial charge is 0.464 e. The Morgan fingerprint density at radius 3 is 2.94 bits per heavy atom. The molecule has 0 fully saturated rings. The third-order valence-corrected chi connectivity index (χ3v) is 2.26. The Bertz CT molecular complexity index is 384. The van der Waals surface area contributed by atoms with Gasteiger partial charge in [-0.3, -0.25) is 0 Å². The van der Waals surface area contributed by atoms with E-state index in [0.717, 1.165) is 0 Å². The number of halogens is 2. The average Bonchev–Trinajstić information content (AvgIpc) is 2.25. The van der Waals surface area contributed by atoms with E-state index >= 15 is 0 Å². The Morgan fingerprint density at radius 2 is 2.31 bits per heavy atom. The van der Waals surface area contributed by atoms with E-state index in [1.54, 1.807) is 19.9 Å².